The summed E-state index contributed by atoms with van der Waals surface area (Å²) in [5.41, 5.74) is 5.80. The molecule has 168 valence electrons. The predicted molar refractivity (Wildman–Crippen MR) is 137 cm³/mol. The molecule has 1 N–H and O–H groups in total. The highest BCUT2D eigenvalue weighted by molar-refractivity contribution is 6.04. The summed E-state index contributed by atoms with van der Waals surface area (Å²) in [6.45, 7) is 2.09. The molecule has 0 aliphatic carbocycles. The van der Waals surface area contributed by atoms with Crippen LogP contribution in [0.2, 0.25) is 0 Å². The van der Waals surface area contributed by atoms with Crippen LogP contribution >= 0.6 is 0 Å². The largest absolute Gasteiger partial charge is 0.478 e. The first kappa shape index (κ1) is 21.5. The van der Waals surface area contributed by atoms with Crippen molar-refractivity contribution in [2.45, 2.75) is 19.6 Å². The Kier molecular flexibility index (Phi) is 6.13. The number of hydrogen-bond acceptors (Lipinski definition) is 2. The summed E-state index contributed by atoms with van der Waals surface area (Å²) in [4.78, 5) is 14.4. The molecule has 0 aliphatic heterocycles. The van der Waals surface area contributed by atoms with Crippen LogP contribution in [0, 0.1) is 0 Å². The summed E-state index contributed by atoms with van der Waals surface area (Å²) in [6.07, 6.45) is 1.75. The number of benzene rings is 4. The van der Waals surface area contributed by atoms with Gasteiger partial charge >= 0.3 is 5.97 Å². The molecule has 0 unspecified atom stereocenters. The fourth-order valence-corrected chi connectivity index (χ4v) is 4.41. The zero-order valence-corrected chi connectivity index (χ0v) is 18.8. The van der Waals surface area contributed by atoms with E-state index in [-0.39, 0.29) is 0 Å². The number of aromatic nitrogens is 1. The van der Waals surface area contributed by atoms with Crippen LogP contribution in [0.5, 0.6) is 0 Å². The van der Waals surface area contributed by atoms with Gasteiger partial charge in [-0.25, -0.2) is 4.79 Å². The van der Waals surface area contributed by atoms with Crippen molar-refractivity contribution in [3.8, 4) is 0 Å². The van der Waals surface area contributed by atoms with Gasteiger partial charge in [0.2, 0.25) is 0 Å². The van der Waals surface area contributed by atoms with Gasteiger partial charge in [0.1, 0.15) is 0 Å². The number of anilines is 1. The maximum Gasteiger partial charge on any atom is 0.337 e. The highest BCUT2D eigenvalue weighted by Crippen LogP contribution is 2.29. The van der Waals surface area contributed by atoms with E-state index in [1.54, 1.807) is 6.20 Å². The summed E-state index contributed by atoms with van der Waals surface area (Å²) in [6, 6.07) is 37.0. The van der Waals surface area contributed by atoms with Crippen LogP contribution in [-0.2, 0) is 19.6 Å². The van der Waals surface area contributed by atoms with Gasteiger partial charge in [0.25, 0.3) is 0 Å². The summed E-state index contributed by atoms with van der Waals surface area (Å²) < 4.78 is 2.02. The molecule has 1 heterocycles. The first-order chi connectivity index (χ1) is 16.7. The number of carbonyl (C=O) groups is 1. The standard InChI is InChI=1S/C30H26N2O2/c33-30(34)28-22-32(21-25-14-8-3-9-15-25)29-17-16-26(18-27(28)29)31(19-23-10-4-1-5-11-23)20-24-12-6-2-7-13-24/h1-18,22H,19-21H2,(H,33,34). The van der Waals surface area contributed by atoms with E-state index >= 15 is 0 Å². The zero-order valence-electron chi connectivity index (χ0n) is 18.8. The van der Waals surface area contributed by atoms with Crippen LogP contribution in [-0.4, -0.2) is 15.6 Å². The lowest BCUT2D eigenvalue weighted by Crippen LogP contribution is -2.22. The Balaban J connectivity index is 1.55. The molecule has 0 fully saturated rings. The maximum atomic E-state index is 12.1. The van der Waals surface area contributed by atoms with E-state index in [0.29, 0.717) is 12.1 Å². The van der Waals surface area contributed by atoms with Gasteiger partial charge in [0.15, 0.2) is 0 Å². The van der Waals surface area contributed by atoms with Crippen LogP contribution in [0.25, 0.3) is 10.9 Å². The van der Waals surface area contributed by atoms with Crippen molar-refractivity contribution >= 4 is 22.6 Å². The molecule has 4 nitrogen and oxygen atoms in total. The van der Waals surface area contributed by atoms with Crippen LogP contribution in [0.1, 0.15) is 27.0 Å². The van der Waals surface area contributed by atoms with Crippen molar-refractivity contribution in [2.75, 3.05) is 4.90 Å². The zero-order chi connectivity index (χ0) is 23.3. The Morgan fingerprint density at radius 2 is 1.24 bits per heavy atom. The van der Waals surface area contributed by atoms with Crippen LogP contribution in [0.15, 0.2) is 115 Å². The van der Waals surface area contributed by atoms with Crippen LogP contribution in [0.3, 0.4) is 0 Å². The second kappa shape index (κ2) is 9.67. The number of nitrogens with zero attached hydrogens (tertiary/aromatic N) is 2. The van der Waals surface area contributed by atoms with E-state index in [4.69, 9.17) is 0 Å². The third-order valence-corrected chi connectivity index (χ3v) is 6.09. The Morgan fingerprint density at radius 1 is 0.706 bits per heavy atom. The minimum atomic E-state index is -0.911. The topological polar surface area (TPSA) is 45.5 Å². The average molecular weight is 447 g/mol. The van der Waals surface area contributed by atoms with Crippen molar-refractivity contribution in [2.24, 2.45) is 0 Å². The molecule has 0 atom stereocenters. The predicted octanol–water partition coefficient (Wildman–Crippen LogP) is 6.59. The van der Waals surface area contributed by atoms with Gasteiger partial charge < -0.3 is 14.6 Å². The fourth-order valence-electron chi connectivity index (χ4n) is 4.41. The van der Waals surface area contributed by atoms with Gasteiger partial charge in [-0.2, -0.15) is 0 Å². The second-order valence-corrected chi connectivity index (χ2v) is 8.49. The SMILES string of the molecule is O=C(O)c1cn(Cc2ccccc2)c2ccc(N(Cc3ccccc3)Cc3ccccc3)cc12. The lowest BCUT2D eigenvalue weighted by Gasteiger charge is -2.25. The number of hydrogen-bond donors (Lipinski definition) is 1. The highest BCUT2D eigenvalue weighted by atomic mass is 16.4. The number of fused-ring (bicyclic) bond motifs is 1. The van der Waals surface area contributed by atoms with Crippen molar-refractivity contribution < 1.29 is 9.90 Å². The molecule has 0 spiro atoms. The molecule has 0 radical (unpaired) electrons. The maximum absolute atomic E-state index is 12.1. The molecule has 0 saturated heterocycles. The summed E-state index contributed by atoms with van der Waals surface area (Å²) in [5, 5.41) is 10.7. The van der Waals surface area contributed by atoms with Gasteiger partial charge in [-0.1, -0.05) is 91.0 Å². The average Bonchev–Trinajstić information content (AvgIpc) is 3.23. The lowest BCUT2D eigenvalue weighted by atomic mass is 10.1. The Hall–Kier alpha value is -4.31. The molecular weight excluding hydrogens is 420 g/mol. The second-order valence-electron chi connectivity index (χ2n) is 8.49. The normalized spacial score (nSPS) is 10.9. The number of carboxylic acid groups (broad SMARTS) is 1. The molecular formula is C30H26N2O2. The minimum Gasteiger partial charge on any atom is -0.478 e. The third kappa shape index (κ3) is 4.71. The van der Waals surface area contributed by atoms with Crippen molar-refractivity contribution in [3.63, 3.8) is 0 Å². The van der Waals surface area contributed by atoms with Crippen LogP contribution < -0.4 is 4.90 Å². The van der Waals surface area contributed by atoms with Gasteiger partial charge in [-0.3, -0.25) is 0 Å². The molecule has 0 aliphatic rings. The molecule has 1 aromatic heterocycles. The molecule has 4 aromatic carbocycles. The monoisotopic (exact) mass is 446 g/mol. The molecule has 5 aromatic rings. The van der Waals surface area contributed by atoms with Gasteiger partial charge in [0, 0.05) is 42.4 Å². The van der Waals surface area contributed by atoms with Crippen molar-refractivity contribution in [3.05, 3.63) is 138 Å². The van der Waals surface area contributed by atoms with E-state index in [1.807, 2.05) is 71.3 Å². The first-order valence-corrected chi connectivity index (χ1v) is 11.4. The van der Waals surface area contributed by atoms with Crippen molar-refractivity contribution in [1.82, 2.24) is 4.57 Å². The van der Waals surface area contributed by atoms with E-state index in [1.165, 1.54) is 11.1 Å². The lowest BCUT2D eigenvalue weighted by molar-refractivity contribution is 0.0699. The Morgan fingerprint density at radius 3 is 1.76 bits per heavy atom. The molecule has 0 bridgehead atoms. The van der Waals surface area contributed by atoms with Crippen molar-refractivity contribution in [1.29, 1.82) is 0 Å². The van der Waals surface area contributed by atoms with Gasteiger partial charge in [-0.05, 0) is 34.9 Å². The first-order valence-electron chi connectivity index (χ1n) is 11.4. The quantitative estimate of drug-likeness (QED) is 0.292. The van der Waals surface area contributed by atoms with E-state index in [2.05, 4.69) is 47.4 Å². The Labute approximate surface area is 199 Å². The number of rotatable bonds is 8. The number of carboxylic acids is 1. The van der Waals surface area contributed by atoms with E-state index in [0.717, 1.165) is 35.2 Å². The smallest absolute Gasteiger partial charge is 0.337 e. The molecule has 0 amide bonds. The Bertz CT molecular complexity index is 1350. The molecule has 0 saturated carbocycles. The van der Waals surface area contributed by atoms with Gasteiger partial charge in [-0.15, -0.1) is 0 Å². The molecule has 5 rings (SSSR count). The van der Waals surface area contributed by atoms with E-state index in [9.17, 15) is 9.90 Å². The van der Waals surface area contributed by atoms with E-state index < -0.39 is 5.97 Å². The summed E-state index contributed by atoms with van der Waals surface area (Å²) >= 11 is 0. The highest BCUT2D eigenvalue weighted by Gasteiger charge is 2.17. The summed E-state index contributed by atoms with van der Waals surface area (Å²) in [5.74, 6) is -0.911. The fraction of sp³-hybridized carbons (Fsp3) is 0.100. The minimum absolute atomic E-state index is 0.326. The number of aromatic carboxylic acids is 1. The summed E-state index contributed by atoms with van der Waals surface area (Å²) in [7, 11) is 0. The van der Waals surface area contributed by atoms with Gasteiger partial charge in [0.05, 0.1) is 5.56 Å². The molecule has 4 heteroatoms. The molecule has 34 heavy (non-hydrogen) atoms. The third-order valence-electron chi connectivity index (χ3n) is 6.09. The van der Waals surface area contributed by atoms with Crippen LogP contribution in [0.4, 0.5) is 5.69 Å².